The number of methoxy groups -OCH3 is 1. The molecule has 0 amide bonds. The summed E-state index contributed by atoms with van der Waals surface area (Å²) in [5.74, 6) is 0.777. The van der Waals surface area contributed by atoms with Gasteiger partial charge in [0.2, 0.25) is 0 Å². The molecule has 0 unspecified atom stereocenters. The standard InChI is InChI=1S/C12H15N3O/c1-9-6-14-15(7-9)8-10-3-11(13)5-12(4-10)16-2/h3-7H,8,13H2,1-2H3. The number of hydrogen-bond donors (Lipinski definition) is 1. The highest BCUT2D eigenvalue weighted by Gasteiger charge is 2.01. The van der Waals surface area contributed by atoms with E-state index in [4.69, 9.17) is 10.5 Å². The van der Waals surface area contributed by atoms with Crippen LogP contribution in [0, 0.1) is 6.92 Å². The number of hydrogen-bond acceptors (Lipinski definition) is 3. The van der Waals surface area contributed by atoms with Crippen LogP contribution in [-0.4, -0.2) is 16.9 Å². The van der Waals surface area contributed by atoms with Crippen LogP contribution in [0.1, 0.15) is 11.1 Å². The van der Waals surface area contributed by atoms with Gasteiger partial charge in [-0.15, -0.1) is 0 Å². The highest BCUT2D eigenvalue weighted by Crippen LogP contribution is 2.19. The number of nitrogens with zero attached hydrogens (tertiary/aromatic N) is 2. The lowest BCUT2D eigenvalue weighted by atomic mass is 10.2. The summed E-state index contributed by atoms with van der Waals surface area (Å²) < 4.78 is 7.05. The van der Waals surface area contributed by atoms with Gasteiger partial charge in [-0.05, 0) is 30.2 Å². The van der Waals surface area contributed by atoms with Crippen molar-refractivity contribution in [2.24, 2.45) is 0 Å². The second kappa shape index (κ2) is 4.26. The number of nitrogen functional groups attached to an aromatic ring is 1. The fourth-order valence-electron chi connectivity index (χ4n) is 1.64. The van der Waals surface area contributed by atoms with Crippen molar-refractivity contribution in [2.75, 3.05) is 12.8 Å². The van der Waals surface area contributed by atoms with Crippen LogP contribution in [0.5, 0.6) is 5.75 Å². The number of nitrogens with two attached hydrogens (primary N) is 1. The maximum Gasteiger partial charge on any atom is 0.121 e. The molecule has 0 aliphatic rings. The number of benzene rings is 1. The fraction of sp³-hybridized carbons (Fsp3) is 0.250. The van der Waals surface area contributed by atoms with E-state index in [0.29, 0.717) is 12.2 Å². The van der Waals surface area contributed by atoms with E-state index < -0.39 is 0 Å². The molecule has 1 aromatic carbocycles. The first-order valence-corrected chi connectivity index (χ1v) is 5.10. The quantitative estimate of drug-likeness (QED) is 0.798. The topological polar surface area (TPSA) is 53.1 Å². The molecular weight excluding hydrogens is 202 g/mol. The fourth-order valence-corrected chi connectivity index (χ4v) is 1.64. The molecule has 1 aromatic heterocycles. The maximum atomic E-state index is 5.78. The van der Waals surface area contributed by atoms with Crippen LogP contribution in [0.15, 0.2) is 30.6 Å². The minimum Gasteiger partial charge on any atom is -0.497 e. The molecule has 1 heterocycles. The van der Waals surface area contributed by atoms with Crippen LogP contribution in [0.25, 0.3) is 0 Å². The zero-order valence-electron chi connectivity index (χ0n) is 9.47. The van der Waals surface area contributed by atoms with E-state index in [9.17, 15) is 0 Å². The molecule has 0 fully saturated rings. The average Bonchev–Trinajstić information content (AvgIpc) is 2.63. The summed E-state index contributed by atoms with van der Waals surface area (Å²) in [6.45, 7) is 2.72. The Hall–Kier alpha value is -1.97. The predicted molar refractivity (Wildman–Crippen MR) is 63.5 cm³/mol. The lowest BCUT2D eigenvalue weighted by Gasteiger charge is -2.06. The molecule has 2 aromatic rings. The van der Waals surface area contributed by atoms with Crippen molar-refractivity contribution >= 4 is 5.69 Å². The van der Waals surface area contributed by atoms with E-state index in [1.807, 2.05) is 36.1 Å². The number of aryl methyl sites for hydroxylation is 1. The molecule has 0 saturated heterocycles. The molecule has 16 heavy (non-hydrogen) atoms. The predicted octanol–water partition coefficient (Wildman–Crippen LogP) is 1.83. The van der Waals surface area contributed by atoms with E-state index in [0.717, 1.165) is 16.9 Å². The summed E-state index contributed by atoms with van der Waals surface area (Å²) in [5, 5.41) is 4.23. The monoisotopic (exact) mass is 217 g/mol. The lowest BCUT2D eigenvalue weighted by Crippen LogP contribution is -2.01. The minimum atomic E-state index is 0.704. The SMILES string of the molecule is COc1cc(N)cc(Cn2cc(C)cn2)c1. The van der Waals surface area contributed by atoms with Crippen molar-refractivity contribution in [1.29, 1.82) is 0 Å². The lowest BCUT2D eigenvalue weighted by molar-refractivity contribution is 0.414. The van der Waals surface area contributed by atoms with Gasteiger partial charge in [-0.1, -0.05) is 0 Å². The zero-order valence-corrected chi connectivity index (χ0v) is 9.47. The van der Waals surface area contributed by atoms with Crippen molar-refractivity contribution in [3.05, 3.63) is 41.7 Å². The van der Waals surface area contributed by atoms with Gasteiger partial charge in [0.1, 0.15) is 5.75 Å². The van der Waals surface area contributed by atoms with E-state index in [2.05, 4.69) is 5.10 Å². The van der Waals surface area contributed by atoms with E-state index in [-0.39, 0.29) is 0 Å². The van der Waals surface area contributed by atoms with E-state index in [1.165, 1.54) is 0 Å². The van der Waals surface area contributed by atoms with Crippen LogP contribution in [-0.2, 0) is 6.54 Å². The first-order valence-electron chi connectivity index (χ1n) is 5.10. The Balaban J connectivity index is 2.24. The first kappa shape index (κ1) is 10.5. The molecule has 0 radical (unpaired) electrons. The summed E-state index contributed by atoms with van der Waals surface area (Å²) in [4.78, 5) is 0. The molecule has 0 aliphatic carbocycles. The van der Waals surface area contributed by atoms with Crippen LogP contribution in [0.2, 0.25) is 0 Å². The molecular formula is C12H15N3O. The van der Waals surface area contributed by atoms with Crippen molar-refractivity contribution in [2.45, 2.75) is 13.5 Å². The molecule has 0 spiro atoms. The third-order valence-corrected chi connectivity index (χ3v) is 2.33. The Morgan fingerprint density at radius 3 is 2.81 bits per heavy atom. The molecule has 0 saturated carbocycles. The van der Waals surface area contributed by atoms with Crippen molar-refractivity contribution in [1.82, 2.24) is 9.78 Å². The molecule has 4 nitrogen and oxygen atoms in total. The number of aromatic nitrogens is 2. The van der Waals surface area contributed by atoms with Crippen molar-refractivity contribution in [3.8, 4) is 5.75 Å². The Morgan fingerprint density at radius 1 is 1.38 bits per heavy atom. The highest BCUT2D eigenvalue weighted by atomic mass is 16.5. The second-order valence-electron chi connectivity index (χ2n) is 3.83. The van der Waals surface area contributed by atoms with Gasteiger partial charge >= 0.3 is 0 Å². The van der Waals surface area contributed by atoms with Crippen molar-refractivity contribution in [3.63, 3.8) is 0 Å². The van der Waals surface area contributed by atoms with Gasteiger partial charge < -0.3 is 10.5 Å². The summed E-state index contributed by atoms with van der Waals surface area (Å²) in [7, 11) is 1.64. The molecule has 0 bridgehead atoms. The van der Waals surface area contributed by atoms with Gasteiger partial charge in [0.15, 0.2) is 0 Å². The second-order valence-corrected chi connectivity index (χ2v) is 3.83. The number of rotatable bonds is 3. The van der Waals surface area contributed by atoms with Crippen molar-refractivity contribution < 1.29 is 4.74 Å². The van der Waals surface area contributed by atoms with Gasteiger partial charge in [0, 0.05) is 18.0 Å². The van der Waals surface area contributed by atoms with Gasteiger partial charge in [0.25, 0.3) is 0 Å². The van der Waals surface area contributed by atoms with Crippen LogP contribution in [0.3, 0.4) is 0 Å². The smallest absolute Gasteiger partial charge is 0.121 e. The third-order valence-electron chi connectivity index (χ3n) is 2.33. The number of ether oxygens (including phenoxy) is 1. The van der Waals surface area contributed by atoms with Crippen LogP contribution >= 0.6 is 0 Å². The average molecular weight is 217 g/mol. The van der Waals surface area contributed by atoms with E-state index in [1.54, 1.807) is 13.2 Å². The van der Waals surface area contributed by atoms with Gasteiger partial charge in [0.05, 0.1) is 19.9 Å². The summed E-state index contributed by atoms with van der Waals surface area (Å²) in [6.07, 6.45) is 3.83. The molecule has 0 aliphatic heterocycles. The third kappa shape index (κ3) is 2.34. The van der Waals surface area contributed by atoms with Gasteiger partial charge in [-0.2, -0.15) is 5.10 Å². The summed E-state index contributed by atoms with van der Waals surface area (Å²) >= 11 is 0. The highest BCUT2D eigenvalue weighted by molar-refractivity contribution is 5.47. The molecule has 2 rings (SSSR count). The van der Waals surface area contributed by atoms with Crippen LogP contribution < -0.4 is 10.5 Å². The zero-order chi connectivity index (χ0) is 11.5. The summed E-state index contributed by atoms with van der Waals surface area (Å²) in [5.41, 5.74) is 8.72. The van der Waals surface area contributed by atoms with Gasteiger partial charge in [-0.3, -0.25) is 4.68 Å². The normalized spacial score (nSPS) is 10.4. The number of anilines is 1. The largest absolute Gasteiger partial charge is 0.497 e. The van der Waals surface area contributed by atoms with E-state index >= 15 is 0 Å². The molecule has 2 N–H and O–H groups in total. The molecule has 84 valence electrons. The maximum absolute atomic E-state index is 5.78. The Labute approximate surface area is 94.6 Å². The Morgan fingerprint density at radius 2 is 2.19 bits per heavy atom. The summed E-state index contributed by atoms with van der Waals surface area (Å²) in [6, 6.07) is 5.70. The Kier molecular flexibility index (Phi) is 2.81. The first-order chi connectivity index (χ1) is 7.67. The van der Waals surface area contributed by atoms with Crippen LogP contribution in [0.4, 0.5) is 5.69 Å². The Bertz CT molecular complexity index is 491. The van der Waals surface area contributed by atoms with Gasteiger partial charge in [-0.25, -0.2) is 0 Å². The molecule has 0 atom stereocenters. The molecule has 4 heteroatoms. The minimum absolute atomic E-state index is 0.704.